The zero-order chi connectivity index (χ0) is 15.2. The average molecular weight is 296 g/mol. The van der Waals surface area contributed by atoms with Crippen molar-refractivity contribution in [3.8, 4) is 0 Å². The number of carbonyl (C=O) groups excluding carboxylic acids is 2. The summed E-state index contributed by atoms with van der Waals surface area (Å²) in [6, 6.07) is 0.485. The van der Waals surface area contributed by atoms with Crippen LogP contribution in [0.25, 0.3) is 0 Å². The lowest BCUT2D eigenvalue weighted by molar-refractivity contribution is -0.140. The molecule has 1 atom stereocenters. The van der Waals surface area contributed by atoms with Gasteiger partial charge in [-0.15, -0.1) is 0 Å². The van der Waals surface area contributed by atoms with Crippen LogP contribution < -0.4 is 10.6 Å². The van der Waals surface area contributed by atoms with Crippen LogP contribution in [0.5, 0.6) is 0 Å². The summed E-state index contributed by atoms with van der Waals surface area (Å²) in [5.74, 6) is 0.0220. The van der Waals surface area contributed by atoms with Gasteiger partial charge in [-0.3, -0.25) is 14.5 Å². The molecule has 0 aromatic carbocycles. The minimum Gasteiger partial charge on any atom is -0.358 e. The van der Waals surface area contributed by atoms with Crippen LogP contribution in [0.15, 0.2) is 0 Å². The Balaban J connectivity index is 1.99. The molecule has 2 N–H and O–H groups in total. The zero-order valence-corrected chi connectivity index (χ0v) is 13.2. The van der Waals surface area contributed by atoms with Crippen LogP contribution in [-0.2, 0) is 9.59 Å². The summed E-state index contributed by atoms with van der Waals surface area (Å²) in [6.07, 6.45) is 4.24. The molecule has 0 radical (unpaired) electrons. The Labute approximate surface area is 127 Å². The van der Waals surface area contributed by atoms with Crippen LogP contribution >= 0.6 is 0 Å². The van der Waals surface area contributed by atoms with Gasteiger partial charge in [-0.05, 0) is 52.2 Å². The Kier molecular flexibility index (Phi) is 5.99. The van der Waals surface area contributed by atoms with Gasteiger partial charge in [-0.25, -0.2) is 0 Å². The maximum absolute atomic E-state index is 12.8. The van der Waals surface area contributed by atoms with E-state index in [1.807, 2.05) is 6.92 Å². The van der Waals surface area contributed by atoms with Crippen molar-refractivity contribution in [3.63, 3.8) is 0 Å². The van der Waals surface area contributed by atoms with E-state index in [0.29, 0.717) is 12.6 Å². The highest BCUT2D eigenvalue weighted by Crippen LogP contribution is 2.25. The number of amides is 2. The van der Waals surface area contributed by atoms with Crippen LogP contribution in [0, 0.1) is 0 Å². The summed E-state index contributed by atoms with van der Waals surface area (Å²) in [6.45, 7) is 5.78. The molecule has 0 aromatic rings. The smallest absolute Gasteiger partial charge is 0.240 e. The van der Waals surface area contributed by atoms with Gasteiger partial charge in [-0.2, -0.15) is 0 Å². The molecule has 0 aliphatic carbocycles. The van der Waals surface area contributed by atoms with Gasteiger partial charge in [0.25, 0.3) is 0 Å². The van der Waals surface area contributed by atoms with E-state index in [9.17, 15) is 9.59 Å². The predicted octanol–water partition coefficient (Wildman–Crippen LogP) is -0.203. The molecule has 1 unspecified atom stereocenters. The number of hydrogen-bond acceptors (Lipinski definition) is 4. The van der Waals surface area contributed by atoms with Gasteiger partial charge in [0.15, 0.2) is 0 Å². The van der Waals surface area contributed by atoms with Gasteiger partial charge in [0.05, 0.1) is 12.6 Å². The van der Waals surface area contributed by atoms with Crippen LogP contribution in [0.3, 0.4) is 0 Å². The maximum Gasteiger partial charge on any atom is 0.240 e. The molecule has 2 amide bonds. The number of piperidine rings is 1. The standard InChI is InChI=1S/C15H28N4O2/c1-3-18(11-14(20)16-2)15(21)13-5-4-10-19(13)12-6-8-17-9-7-12/h12-13,17H,3-11H2,1-2H3,(H,16,20). The van der Waals surface area contributed by atoms with Crippen molar-refractivity contribution in [2.24, 2.45) is 0 Å². The number of likely N-dealkylation sites (N-methyl/N-ethyl adjacent to an activating group) is 2. The Morgan fingerprint density at radius 3 is 2.62 bits per heavy atom. The van der Waals surface area contributed by atoms with E-state index in [1.54, 1.807) is 11.9 Å². The van der Waals surface area contributed by atoms with Gasteiger partial charge in [0, 0.05) is 19.6 Å². The van der Waals surface area contributed by atoms with Gasteiger partial charge in [0.1, 0.15) is 0 Å². The zero-order valence-electron chi connectivity index (χ0n) is 13.2. The highest BCUT2D eigenvalue weighted by atomic mass is 16.2. The highest BCUT2D eigenvalue weighted by Gasteiger charge is 2.37. The largest absolute Gasteiger partial charge is 0.358 e. The summed E-state index contributed by atoms with van der Waals surface area (Å²) in [7, 11) is 1.61. The third-order valence-electron chi connectivity index (χ3n) is 4.66. The molecule has 0 aromatic heterocycles. The molecule has 21 heavy (non-hydrogen) atoms. The Hall–Kier alpha value is -1.14. The van der Waals surface area contributed by atoms with E-state index in [-0.39, 0.29) is 24.4 Å². The SMILES string of the molecule is CCN(CC(=O)NC)C(=O)C1CCCN1C1CCNCC1. The molecule has 2 fully saturated rings. The Morgan fingerprint density at radius 2 is 2.00 bits per heavy atom. The summed E-state index contributed by atoms with van der Waals surface area (Å²) in [5.41, 5.74) is 0. The van der Waals surface area contributed by atoms with E-state index in [4.69, 9.17) is 0 Å². The topological polar surface area (TPSA) is 64.7 Å². The van der Waals surface area contributed by atoms with Crippen LogP contribution in [0.1, 0.15) is 32.6 Å². The number of carbonyl (C=O) groups is 2. The fourth-order valence-electron chi connectivity index (χ4n) is 3.44. The fourth-order valence-corrected chi connectivity index (χ4v) is 3.44. The Morgan fingerprint density at radius 1 is 1.29 bits per heavy atom. The van der Waals surface area contributed by atoms with Crippen LogP contribution in [0.2, 0.25) is 0 Å². The molecule has 0 bridgehead atoms. The lowest BCUT2D eigenvalue weighted by Gasteiger charge is -2.36. The normalized spacial score (nSPS) is 24.0. The lowest BCUT2D eigenvalue weighted by Crippen LogP contribution is -2.53. The molecule has 0 saturated carbocycles. The second-order valence-electron chi connectivity index (χ2n) is 5.90. The maximum atomic E-state index is 12.8. The number of rotatable bonds is 5. The molecular formula is C15H28N4O2. The first-order valence-corrected chi connectivity index (χ1v) is 8.13. The molecule has 6 heteroatoms. The van der Waals surface area contributed by atoms with Crippen LogP contribution in [-0.4, -0.2) is 73.5 Å². The van der Waals surface area contributed by atoms with E-state index in [2.05, 4.69) is 15.5 Å². The van der Waals surface area contributed by atoms with Crippen molar-refractivity contribution in [3.05, 3.63) is 0 Å². The van der Waals surface area contributed by atoms with E-state index in [1.165, 1.54) is 0 Å². The fraction of sp³-hybridized carbons (Fsp3) is 0.867. The quantitative estimate of drug-likeness (QED) is 0.737. The highest BCUT2D eigenvalue weighted by molar-refractivity contribution is 5.87. The number of likely N-dealkylation sites (tertiary alicyclic amines) is 1. The van der Waals surface area contributed by atoms with Crippen molar-refractivity contribution in [1.29, 1.82) is 0 Å². The van der Waals surface area contributed by atoms with E-state index in [0.717, 1.165) is 45.3 Å². The molecule has 120 valence electrons. The molecule has 2 heterocycles. The molecule has 0 spiro atoms. The summed E-state index contributed by atoms with van der Waals surface area (Å²) in [4.78, 5) is 28.4. The van der Waals surface area contributed by atoms with Crippen LogP contribution in [0.4, 0.5) is 0 Å². The van der Waals surface area contributed by atoms with Gasteiger partial charge in [-0.1, -0.05) is 0 Å². The third-order valence-corrected chi connectivity index (χ3v) is 4.66. The summed E-state index contributed by atoms with van der Waals surface area (Å²) < 4.78 is 0. The molecule has 2 saturated heterocycles. The minimum absolute atomic E-state index is 0.0299. The van der Waals surface area contributed by atoms with Gasteiger partial charge in [0.2, 0.25) is 11.8 Å². The minimum atomic E-state index is -0.100. The van der Waals surface area contributed by atoms with Gasteiger partial charge < -0.3 is 15.5 Å². The van der Waals surface area contributed by atoms with Gasteiger partial charge >= 0.3 is 0 Å². The van der Waals surface area contributed by atoms with Crippen molar-refractivity contribution in [1.82, 2.24) is 20.4 Å². The van der Waals surface area contributed by atoms with Crippen molar-refractivity contribution >= 4 is 11.8 Å². The number of hydrogen-bond donors (Lipinski definition) is 2. The molecule has 2 aliphatic heterocycles. The Bertz CT molecular complexity index is 369. The molecule has 6 nitrogen and oxygen atoms in total. The lowest BCUT2D eigenvalue weighted by atomic mass is 10.0. The van der Waals surface area contributed by atoms with E-state index >= 15 is 0 Å². The first-order chi connectivity index (χ1) is 10.2. The van der Waals surface area contributed by atoms with Crippen molar-refractivity contribution in [2.75, 3.05) is 39.8 Å². The average Bonchev–Trinajstić information content (AvgIpc) is 3.02. The second kappa shape index (κ2) is 7.75. The first kappa shape index (κ1) is 16.2. The number of nitrogens with one attached hydrogen (secondary N) is 2. The van der Waals surface area contributed by atoms with Crippen molar-refractivity contribution in [2.45, 2.75) is 44.7 Å². The summed E-state index contributed by atoms with van der Waals surface area (Å²) >= 11 is 0. The van der Waals surface area contributed by atoms with E-state index < -0.39 is 0 Å². The molecular weight excluding hydrogens is 268 g/mol. The third kappa shape index (κ3) is 3.95. The monoisotopic (exact) mass is 296 g/mol. The second-order valence-corrected chi connectivity index (χ2v) is 5.90. The first-order valence-electron chi connectivity index (χ1n) is 8.13. The number of nitrogens with zero attached hydrogens (tertiary/aromatic N) is 2. The van der Waals surface area contributed by atoms with Crippen molar-refractivity contribution < 1.29 is 9.59 Å². The summed E-state index contributed by atoms with van der Waals surface area (Å²) in [5, 5.41) is 5.97. The predicted molar refractivity (Wildman–Crippen MR) is 81.9 cm³/mol. The molecule has 2 rings (SSSR count). The molecule has 2 aliphatic rings.